The third-order valence-electron chi connectivity index (χ3n) is 4.27. The maximum atomic E-state index is 12.6. The number of aryl methyl sites for hydroxylation is 1. The van der Waals surface area contributed by atoms with Crippen LogP contribution in [0.3, 0.4) is 0 Å². The normalized spacial score (nSPS) is 12.0. The van der Waals surface area contributed by atoms with Crippen molar-refractivity contribution < 1.29 is 9.53 Å². The molecule has 3 aromatic rings. The van der Waals surface area contributed by atoms with Gasteiger partial charge in [0.15, 0.2) is 5.16 Å². The molecule has 0 aliphatic carbocycles. The first kappa shape index (κ1) is 19.9. The van der Waals surface area contributed by atoms with Crippen molar-refractivity contribution in [2.75, 3.05) is 11.9 Å². The summed E-state index contributed by atoms with van der Waals surface area (Å²) in [6, 6.07) is 12.8. The molecule has 7 heteroatoms. The number of carbonyl (C=O) groups is 1. The number of aromatic nitrogens is 2. The number of fused-ring (bicyclic) bond motifs is 1. The maximum Gasteiger partial charge on any atom is 0.261 e. The molecule has 2 aromatic carbocycles. The smallest absolute Gasteiger partial charge is 0.261 e. The van der Waals surface area contributed by atoms with E-state index in [2.05, 4.69) is 10.3 Å². The molecule has 1 amide bonds. The van der Waals surface area contributed by atoms with Crippen LogP contribution in [0, 0.1) is 6.92 Å². The molecule has 3 rings (SSSR count). The molecular weight excluding hydrogens is 374 g/mol. The third-order valence-corrected chi connectivity index (χ3v) is 5.42. The van der Waals surface area contributed by atoms with Crippen molar-refractivity contribution in [3.63, 3.8) is 0 Å². The Morgan fingerprint density at radius 3 is 2.64 bits per heavy atom. The number of benzene rings is 2. The van der Waals surface area contributed by atoms with Gasteiger partial charge in [-0.3, -0.25) is 14.2 Å². The molecule has 1 unspecified atom stereocenters. The fraction of sp³-hybridized carbons (Fsp3) is 0.286. The van der Waals surface area contributed by atoms with Crippen LogP contribution in [-0.2, 0) is 11.8 Å². The molecule has 0 saturated heterocycles. The second-order valence-corrected chi connectivity index (χ2v) is 7.79. The van der Waals surface area contributed by atoms with Crippen LogP contribution in [0.25, 0.3) is 10.9 Å². The topological polar surface area (TPSA) is 73.2 Å². The fourth-order valence-electron chi connectivity index (χ4n) is 2.73. The quantitative estimate of drug-likeness (QED) is 0.506. The lowest BCUT2D eigenvalue weighted by molar-refractivity contribution is -0.115. The summed E-state index contributed by atoms with van der Waals surface area (Å²) in [7, 11) is 1.68. The summed E-state index contributed by atoms with van der Waals surface area (Å²) in [5.41, 5.74) is 2.22. The van der Waals surface area contributed by atoms with E-state index in [4.69, 9.17) is 4.74 Å². The lowest BCUT2D eigenvalue weighted by Gasteiger charge is -2.14. The standard InChI is InChI=1S/C21H23N3O3S/c1-5-27-16-9-7-15(8-10-16)22-19(25)14(3)28-21-23-18-11-6-13(2)12-17(18)20(26)24(21)4/h6-12,14H,5H2,1-4H3,(H,22,25). The summed E-state index contributed by atoms with van der Waals surface area (Å²) in [6.45, 7) is 6.25. The van der Waals surface area contributed by atoms with Crippen LogP contribution in [0.2, 0.25) is 0 Å². The van der Waals surface area contributed by atoms with Crippen molar-refractivity contribution in [2.45, 2.75) is 31.2 Å². The van der Waals surface area contributed by atoms with Crippen LogP contribution in [0.15, 0.2) is 52.4 Å². The van der Waals surface area contributed by atoms with Crippen molar-refractivity contribution in [1.82, 2.24) is 9.55 Å². The van der Waals surface area contributed by atoms with Gasteiger partial charge in [0, 0.05) is 12.7 Å². The summed E-state index contributed by atoms with van der Waals surface area (Å²) in [6.07, 6.45) is 0. The molecule has 0 saturated carbocycles. The van der Waals surface area contributed by atoms with E-state index in [0.717, 1.165) is 11.3 Å². The van der Waals surface area contributed by atoms with Crippen molar-refractivity contribution in [2.24, 2.45) is 7.05 Å². The van der Waals surface area contributed by atoms with Gasteiger partial charge in [0.1, 0.15) is 5.75 Å². The molecule has 0 fully saturated rings. The van der Waals surface area contributed by atoms with Gasteiger partial charge in [0.25, 0.3) is 5.56 Å². The van der Waals surface area contributed by atoms with Crippen molar-refractivity contribution >= 4 is 34.3 Å². The Hall–Kier alpha value is -2.80. The van der Waals surface area contributed by atoms with E-state index in [-0.39, 0.29) is 11.5 Å². The first-order valence-electron chi connectivity index (χ1n) is 9.07. The van der Waals surface area contributed by atoms with Gasteiger partial charge in [-0.25, -0.2) is 4.98 Å². The minimum absolute atomic E-state index is 0.115. The Morgan fingerprint density at radius 1 is 1.25 bits per heavy atom. The monoisotopic (exact) mass is 397 g/mol. The Kier molecular flexibility index (Phi) is 6.04. The van der Waals surface area contributed by atoms with E-state index in [0.29, 0.717) is 28.4 Å². The molecule has 0 aliphatic heterocycles. The van der Waals surface area contributed by atoms with Crippen LogP contribution in [-0.4, -0.2) is 27.3 Å². The van der Waals surface area contributed by atoms with Gasteiger partial charge in [-0.1, -0.05) is 23.4 Å². The lowest BCUT2D eigenvalue weighted by atomic mass is 10.2. The van der Waals surface area contributed by atoms with Crippen molar-refractivity contribution in [1.29, 1.82) is 0 Å². The third kappa shape index (κ3) is 4.36. The van der Waals surface area contributed by atoms with Gasteiger partial charge in [0.05, 0.1) is 22.8 Å². The molecule has 0 bridgehead atoms. The summed E-state index contributed by atoms with van der Waals surface area (Å²) in [5, 5.41) is 3.55. The number of thioether (sulfide) groups is 1. The zero-order chi connectivity index (χ0) is 20.3. The predicted octanol–water partition coefficient (Wildman–Crippen LogP) is 3.76. The van der Waals surface area contributed by atoms with Gasteiger partial charge >= 0.3 is 0 Å². The molecule has 28 heavy (non-hydrogen) atoms. The molecule has 6 nitrogen and oxygen atoms in total. The van der Waals surface area contributed by atoms with Crippen LogP contribution in [0.5, 0.6) is 5.75 Å². The van der Waals surface area contributed by atoms with E-state index in [1.807, 2.05) is 44.2 Å². The Morgan fingerprint density at radius 2 is 1.96 bits per heavy atom. The van der Waals surface area contributed by atoms with Crippen LogP contribution in [0.1, 0.15) is 19.4 Å². The van der Waals surface area contributed by atoms with Crippen molar-refractivity contribution in [3.05, 3.63) is 58.4 Å². The average Bonchev–Trinajstić information content (AvgIpc) is 2.68. The number of hydrogen-bond acceptors (Lipinski definition) is 5. The predicted molar refractivity (Wildman–Crippen MR) is 113 cm³/mol. The summed E-state index contributed by atoms with van der Waals surface area (Å²) in [5.74, 6) is 0.598. The molecule has 0 aliphatic rings. The van der Waals surface area contributed by atoms with Gasteiger partial charge in [-0.15, -0.1) is 0 Å². The first-order chi connectivity index (χ1) is 13.4. The van der Waals surface area contributed by atoms with Gasteiger partial charge in [-0.05, 0) is 57.2 Å². The van der Waals surface area contributed by atoms with Crippen LogP contribution in [0.4, 0.5) is 5.69 Å². The number of ether oxygens (including phenoxy) is 1. The largest absolute Gasteiger partial charge is 0.494 e. The molecule has 1 aromatic heterocycles. The van der Waals surface area contributed by atoms with E-state index in [1.54, 1.807) is 26.1 Å². The maximum absolute atomic E-state index is 12.6. The lowest BCUT2D eigenvalue weighted by Crippen LogP contribution is -2.25. The average molecular weight is 398 g/mol. The Bertz CT molecular complexity index is 1060. The minimum atomic E-state index is -0.424. The van der Waals surface area contributed by atoms with Gasteiger partial charge in [0.2, 0.25) is 5.91 Å². The number of nitrogens with zero attached hydrogens (tertiary/aromatic N) is 2. The highest BCUT2D eigenvalue weighted by molar-refractivity contribution is 8.00. The van der Waals surface area contributed by atoms with Crippen molar-refractivity contribution in [3.8, 4) is 5.75 Å². The molecule has 146 valence electrons. The number of hydrogen-bond donors (Lipinski definition) is 1. The van der Waals surface area contributed by atoms with E-state index in [9.17, 15) is 9.59 Å². The minimum Gasteiger partial charge on any atom is -0.494 e. The molecule has 1 N–H and O–H groups in total. The van der Waals surface area contributed by atoms with E-state index < -0.39 is 5.25 Å². The molecular formula is C21H23N3O3S. The summed E-state index contributed by atoms with van der Waals surface area (Å²) < 4.78 is 6.89. The zero-order valence-corrected chi connectivity index (χ0v) is 17.2. The molecule has 1 atom stereocenters. The molecule has 1 heterocycles. The number of anilines is 1. The van der Waals surface area contributed by atoms with E-state index in [1.165, 1.54) is 16.3 Å². The fourth-order valence-corrected chi connectivity index (χ4v) is 3.60. The summed E-state index contributed by atoms with van der Waals surface area (Å²) >= 11 is 1.26. The molecule has 0 radical (unpaired) electrons. The number of carbonyl (C=O) groups excluding carboxylic acids is 1. The zero-order valence-electron chi connectivity index (χ0n) is 16.4. The van der Waals surface area contributed by atoms with E-state index >= 15 is 0 Å². The second-order valence-electron chi connectivity index (χ2n) is 6.49. The Labute approximate surface area is 167 Å². The number of nitrogens with one attached hydrogen (secondary N) is 1. The van der Waals surface area contributed by atoms with Gasteiger partial charge < -0.3 is 10.1 Å². The molecule has 0 spiro atoms. The highest BCUT2D eigenvalue weighted by Crippen LogP contribution is 2.24. The van der Waals surface area contributed by atoms with Gasteiger partial charge in [-0.2, -0.15) is 0 Å². The summed E-state index contributed by atoms with van der Waals surface area (Å²) in [4.78, 5) is 29.7. The number of amides is 1. The first-order valence-corrected chi connectivity index (χ1v) is 9.94. The highest BCUT2D eigenvalue weighted by atomic mass is 32.2. The highest BCUT2D eigenvalue weighted by Gasteiger charge is 2.18. The number of rotatable bonds is 6. The van der Waals surface area contributed by atoms with Crippen LogP contribution < -0.4 is 15.6 Å². The SMILES string of the molecule is CCOc1ccc(NC(=O)C(C)Sc2nc3ccc(C)cc3c(=O)n2C)cc1. The second kappa shape index (κ2) is 8.48. The van der Waals surface area contributed by atoms with Crippen LogP contribution >= 0.6 is 11.8 Å². The Balaban J connectivity index is 1.75.